The molecule has 4 nitrogen and oxygen atoms in total. The summed E-state index contributed by atoms with van der Waals surface area (Å²) in [6, 6.07) is 9.67. The minimum Gasteiger partial charge on any atom is -0.483 e. The average molecular weight is 298 g/mol. The van der Waals surface area contributed by atoms with E-state index in [-0.39, 0.29) is 12.5 Å². The Hall–Kier alpha value is -2.36. The second-order valence-corrected chi connectivity index (χ2v) is 5.62. The number of aromatic nitrogens is 1. The van der Waals surface area contributed by atoms with Crippen molar-refractivity contribution in [3.8, 4) is 5.75 Å². The van der Waals surface area contributed by atoms with Crippen molar-refractivity contribution in [3.05, 3.63) is 53.3 Å². The van der Waals surface area contributed by atoms with Crippen LogP contribution in [0.1, 0.15) is 36.6 Å². The summed E-state index contributed by atoms with van der Waals surface area (Å²) in [6.45, 7) is 8.00. The van der Waals surface area contributed by atoms with Gasteiger partial charge in [-0.3, -0.25) is 9.78 Å². The Labute approximate surface area is 131 Å². The molecule has 2 aromatic rings. The van der Waals surface area contributed by atoms with E-state index in [1.165, 1.54) is 0 Å². The van der Waals surface area contributed by atoms with E-state index < -0.39 is 0 Å². The highest BCUT2D eigenvalue weighted by molar-refractivity contribution is 5.93. The number of pyridine rings is 1. The SMILES string of the molecule is Cc1ccnc(C)c1NC(=O)COc1ccccc1C(C)C. The number of ether oxygens (including phenoxy) is 1. The van der Waals surface area contributed by atoms with Crippen LogP contribution in [0.4, 0.5) is 5.69 Å². The lowest BCUT2D eigenvalue weighted by molar-refractivity contribution is -0.118. The van der Waals surface area contributed by atoms with Crippen LogP contribution in [0.3, 0.4) is 0 Å². The van der Waals surface area contributed by atoms with Gasteiger partial charge in [0.05, 0.1) is 11.4 Å². The number of hydrogen-bond acceptors (Lipinski definition) is 3. The number of amides is 1. The molecule has 4 heteroatoms. The van der Waals surface area contributed by atoms with Gasteiger partial charge < -0.3 is 10.1 Å². The van der Waals surface area contributed by atoms with Gasteiger partial charge in [0.2, 0.25) is 0 Å². The van der Waals surface area contributed by atoms with E-state index in [1.807, 2.05) is 44.2 Å². The molecule has 22 heavy (non-hydrogen) atoms. The average Bonchev–Trinajstić information content (AvgIpc) is 2.49. The molecular formula is C18H22N2O2. The van der Waals surface area contributed by atoms with Gasteiger partial charge in [0, 0.05) is 6.20 Å². The fourth-order valence-corrected chi connectivity index (χ4v) is 2.29. The number of nitrogens with one attached hydrogen (secondary N) is 1. The molecule has 1 aromatic carbocycles. The minimum absolute atomic E-state index is 0.0164. The molecule has 1 heterocycles. The molecule has 116 valence electrons. The van der Waals surface area contributed by atoms with Crippen molar-refractivity contribution in [3.63, 3.8) is 0 Å². The topological polar surface area (TPSA) is 51.2 Å². The van der Waals surface area contributed by atoms with Gasteiger partial charge in [0.15, 0.2) is 6.61 Å². The Morgan fingerprint density at radius 3 is 2.64 bits per heavy atom. The molecule has 0 unspecified atom stereocenters. The van der Waals surface area contributed by atoms with Gasteiger partial charge in [0.25, 0.3) is 5.91 Å². The number of anilines is 1. The van der Waals surface area contributed by atoms with Crippen LogP contribution in [0.2, 0.25) is 0 Å². The molecular weight excluding hydrogens is 276 g/mol. The second-order valence-electron chi connectivity index (χ2n) is 5.62. The maximum Gasteiger partial charge on any atom is 0.262 e. The smallest absolute Gasteiger partial charge is 0.262 e. The maximum absolute atomic E-state index is 12.1. The highest BCUT2D eigenvalue weighted by Crippen LogP contribution is 2.25. The van der Waals surface area contributed by atoms with Crippen LogP contribution in [0.5, 0.6) is 5.75 Å². The molecule has 0 bridgehead atoms. The summed E-state index contributed by atoms with van der Waals surface area (Å²) in [4.78, 5) is 16.3. The van der Waals surface area contributed by atoms with Crippen molar-refractivity contribution in [1.82, 2.24) is 4.98 Å². The molecule has 0 spiro atoms. The predicted octanol–water partition coefficient (Wildman–Crippen LogP) is 3.84. The maximum atomic E-state index is 12.1. The third kappa shape index (κ3) is 3.85. The highest BCUT2D eigenvalue weighted by atomic mass is 16.5. The van der Waals surface area contributed by atoms with Crippen molar-refractivity contribution in [2.45, 2.75) is 33.6 Å². The fourth-order valence-electron chi connectivity index (χ4n) is 2.29. The van der Waals surface area contributed by atoms with Crippen LogP contribution in [0, 0.1) is 13.8 Å². The molecule has 0 atom stereocenters. The molecule has 0 aliphatic carbocycles. The summed E-state index contributed by atoms with van der Waals surface area (Å²) < 4.78 is 5.68. The molecule has 0 aliphatic rings. The normalized spacial score (nSPS) is 10.6. The van der Waals surface area contributed by atoms with Gasteiger partial charge >= 0.3 is 0 Å². The first-order valence-corrected chi connectivity index (χ1v) is 7.43. The van der Waals surface area contributed by atoms with Gasteiger partial charge in [-0.15, -0.1) is 0 Å². The zero-order valence-corrected chi connectivity index (χ0v) is 13.5. The summed E-state index contributed by atoms with van der Waals surface area (Å²) in [5.74, 6) is 0.923. The standard InChI is InChI=1S/C18H22N2O2/c1-12(2)15-7-5-6-8-16(15)22-11-17(21)20-18-13(3)9-10-19-14(18)4/h5-10,12H,11H2,1-4H3,(H,20,21). The Balaban J connectivity index is 2.02. The van der Waals surface area contributed by atoms with E-state index >= 15 is 0 Å². The van der Waals surface area contributed by atoms with Crippen LogP contribution in [-0.4, -0.2) is 17.5 Å². The molecule has 1 amide bonds. The zero-order chi connectivity index (χ0) is 16.1. The zero-order valence-electron chi connectivity index (χ0n) is 13.5. The highest BCUT2D eigenvalue weighted by Gasteiger charge is 2.11. The number of hydrogen-bond donors (Lipinski definition) is 1. The lowest BCUT2D eigenvalue weighted by Crippen LogP contribution is -2.21. The van der Waals surface area contributed by atoms with Crippen LogP contribution < -0.4 is 10.1 Å². The van der Waals surface area contributed by atoms with E-state index in [2.05, 4.69) is 24.1 Å². The van der Waals surface area contributed by atoms with Gasteiger partial charge in [-0.25, -0.2) is 0 Å². The van der Waals surface area contributed by atoms with Crippen LogP contribution in [-0.2, 0) is 4.79 Å². The van der Waals surface area contributed by atoms with Crippen LogP contribution in [0.25, 0.3) is 0 Å². The molecule has 0 radical (unpaired) electrons. The lowest BCUT2D eigenvalue weighted by Gasteiger charge is -2.14. The monoisotopic (exact) mass is 298 g/mol. The summed E-state index contributed by atoms with van der Waals surface area (Å²) in [7, 11) is 0. The van der Waals surface area contributed by atoms with Gasteiger partial charge in [-0.05, 0) is 43.0 Å². The number of para-hydroxylation sites is 1. The minimum atomic E-state index is -0.183. The Bertz CT molecular complexity index is 646. The van der Waals surface area contributed by atoms with Crippen molar-refractivity contribution >= 4 is 11.6 Å². The van der Waals surface area contributed by atoms with Gasteiger partial charge in [0.1, 0.15) is 5.75 Å². The van der Waals surface area contributed by atoms with Crippen molar-refractivity contribution in [2.75, 3.05) is 11.9 Å². The van der Waals surface area contributed by atoms with E-state index in [0.717, 1.165) is 28.3 Å². The first-order chi connectivity index (χ1) is 10.5. The molecule has 1 aromatic heterocycles. The third-order valence-corrected chi connectivity index (χ3v) is 3.51. The van der Waals surface area contributed by atoms with Gasteiger partial charge in [-0.2, -0.15) is 0 Å². The quantitative estimate of drug-likeness (QED) is 0.912. The number of rotatable bonds is 5. The van der Waals surface area contributed by atoms with Crippen molar-refractivity contribution < 1.29 is 9.53 Å². The Morgan fingerprint density at radius 2 is 1.95 bits per heavy atom. The number of carbonyl (C=O) groups excluding carboxylic acids is 1. The number of carbonyl (C=O) groups is 1. The summed E-state index contributed by atoms with van der Waals surface area (Å²) in [5, 5.41) is 2.87. The molecule has 0 aliphatic heterocycles. The van der Waals surface area contributed by atoms with Crippen LogP contribution in [0.15, 0.2) is 36.5 Å². The number of nitrogens with zero attached hydrogens (tertiary/aromatic N) is 1. The molecule has 1 N–H and O–H groups in total. The van der Waals surface area contributed by atoms with Crippen molar-refractivity contribution in [1.29, 1.82) is 0 Å². The van der Waals surface area contributed by atoms with E-state index in [0.29, 0.717) is 5.92 Å². The largest absolute Gasteiger partial charge is 0.483 e. The summed E-state index contributed by atoms with van der Waals surface area (Å²) >= 11 is 0. The first-order valence-electron chi connectivity index (χ1n) is 7.43. The lowest BCUT2D eigenvalue weighted by atomic mass is 10.0. The van der Waals surface area contributed by atoms with E-state index in [4.69, 9.17) is 4.74 Å². The number of benzene rings is 1. The van der Waals surface area contributed by atoms with E-state index in [9.17, 15) is 4.79 Å². The Kier molecular flexibility index (Phi) is 5.15. The fraction of sp³-hybridized carbons (Fsp3) is 0.333. The van der Waals surface area contributed by atoms with E-state index in [1.54, 1.807) is 6.20 Å². The predicted molar refractivity (Wildman–Crippen MR) is 88.4 cm³/mol. The van der Waals surface area contributed by atoms with Crippen molar-refractivity contribution in [2.24, 2.45) is 0 Å². The molecule has 0 fully saturated rings. The third-order valence-electron chi connectivity index (χ3n) is 3.51. The molecule has 2 rings (SSSR count). The number of aryl methyl sites for hydroxylation is 2. The Morgan fingerprint density at radius 1 is 1.23 bits per heavy atom. The first kappa shape index (κ1) is 16.0. The summed E-state index contributed by atoms with van der Waals surface area (Å²) in [5.41, 5.74) is 3.65. The molecule has 0 saturated carbocycles. The molecule has 0 saturated heterocycles. The van der Waals surface area contributed by atoms with Crippen LogP contribution >= 0.6 is 0 Å². The second kappa shape index (κ2) is 7.07. The van der Waals surface area contributed by atoms with Gasteiger partial charge in [-0.1, -0.05) is 32.0 Å². The summed E-state index contributed by atoms with van der Waals surface area (Å²) in [6.07, 6.45) is 1.73.